The third-order valence-electron chi connectivity index (χ3n) is 1.88. The lowest BCUT2D eigenvalue weighted by Gasteiger charge is -2.07. The Bertz CT molecular complexity index is 296. The van der Waals surface area contributed by atoms with Crippen LogP contribution in [0.4, 0.5) is 0 Å². The maximum atomic E-state index is 11.4. The van der Waals surface area contributed by atoms with Gasteiger partial charge in [0.15, 0.2) is 0 Å². The fraction of sp³-hybridized carbons (Fsp3) is 0.636. The number of carboxylic acid groups (broad SMARTS) is 2. The second-order valence-electron chi connectivity index (χ2n) is 3.60. The molecule has 0 spiro atoms. The van der Waals surface area contributed by atoms with Crippen LogP contribution in [0.25, 0.3) is 0 Å². The monoisotopic (exact) mass is 326 g/mol. The van der Waals surface area contributed by atoms with Crippen molar-refractivity contribution in [2.75, 3.05) is 17.3 Å². The summed E-state index contributed by atoms with van der Waals surface area (Å²) in [6.07, 6.45) is 3.12. The zero-order chi connectivity index (χ0) is 14.5. The minimum atomic E-state index is -1.00. The molecule has 19 heavy (non-hydrogen) atoms. The van der Waals surface area contributed by atoms with E-state index in [1.165, 1.54) is 10.8 Å². The molecule has 1 atom stereocenters. The third-order valence-corrected chi connectivity index (χ3v) is 5.33. The van der Waals surface area contributed by atoms with Crippen LogP contribution < -0.4 is 0 Å². The van der Waals surface area contributed by atoms with Gasteiger partial charge in [-0.3, -0.25) is 9.59 Å². The lowest BCUT2D eigenvalue weighted by molar-refractivity contribution is -0.138. The lowest BCUT2D eigenvalue weighted by Crippen LogP contribution is -2.10. The highest BCUT2D eigenvalue weighted by atomic mass is 33.1. The molecule has 0 aliphatic rings. The Morgan fingerprint density at radius 1 is 1.16 bits per heavy atom. The molecule has 0 saturated carbocycles. The SMILES string of the molecule is O=C(O)CCCSS/C=C\C[S+]([O-])CCCC(=O)O. The summed E-state index contributed by atoms with van der Waals surface area (Å²) in [6.45, 7) is 0. The molecular weight excluding hydrogens is 308 g/mol. The molecule has 0 aliphatic carbocycles. The van der Waals surface area contributed by atoms with E-state index in [0.717, 1.165) is 5.75 Å². The average molecular weight is 326 g/mol. The highest BCUT2D eigenvalue weighted by molar-refractivity contribution is 8.77. The maximum absolute atomic E-state index is 11.4. The van der Waals surface area contributed by atoms with E-state index in [9.17, 15) is 14.1 Å². The fourth-order valence-electron chi connectivity index (χ4n) is 1.02. The molecule has 0 aliphatic heterocycles. The highest BCUT2D eigenvalue weighted by Crippen LogP contribution is 2.23. The summed E-state index contributed by atoms with van der Waals surface area (Å²) in [4.78, 5) is 20.5. The van der Waals surface area contributed by atoms with E-state index >= 15 is 0 Å². The summed E-state index contributed by atoms with van der Waals surface area (Å²) >= 11 is -1.00. The van der Waals surface area contributed by atoms with E-state index in [4.69, 9.17) is 10.2 Å². The van der Waals surface area contributed by atoms with Crippen molar-refractivity contribution in [1.29, 1.82) is 0 Å². The van der Waals surface area contributed by atoms with Crippen LogP contribution in [0, 0.1) is 0 Å². The standard InChI is InChI=1S/C11H18O5S3/c12-10(13)4-1-6-17-18-7-3-9-19(16)8-2-5-11(14)15/h3,7H,1-2,4-6,8-9H2,(H,12,13)(H,14,15)/b7-3-. The summed E-state index contributed by atoms with van der Waals surface area (Å²) in [5, 5.41) is 18.7. The number of rotatable bonds is 12. The molecule has 0 radical (unpaired) electrons. The first-order chi connectivity index (χ1) is 9.02. The van der Waals surface area contributed by atoms with Gasteiger partial charge in [-0.15, -0.1) is 0 Å². The summed E-state index contributed by atoms with van der Waals surface area (Å²) in [5.41, 5.74) is 0. The van der Waals surface area contributed by atoms with Gasteiger partial charge in [0.1, 0.15) is 11.5 Å². The summed E-state index contributed by atoms with van der Waals surface area (Å²) in [7, 11) is 3.05. The molecule has 2 N–H and O–H groups in total. The van der Waals surface area contributed by atoms with Crippen molar-refractivity contribution in [3.63, 3.8) is 0 Å². The van der Waals surface area contributed by atoms with Crippen LogP contribution in [0.3, 0.4) is 0 Å². The van der Waals surface area contributed by atoms with E-state index in [2.05, 4.69) is 0 Å². The Morgan fingerprint density at radius 2 is 1.79 bits per heavy atom. The number of carbonyl (C=O) groups is 2. The Hall–Kier alpha value is -0.310. The zero-order valence-corrected chi connectivity index (χ0v) is 12.9. The van der Waals surface area contributed by atoms with Crippen LogP contribution in [-0.2, 0) is 20.8 Å². The number of hydrogen-bond donors (Lipinski definition) is 2. The Kier molecular flexibility index (Phi) is 12.5. The molecule has 0 fully saturated rings. The maximum Gasteiger partial charge on any atom is 0.303 e. The third kappa shape index (κ3) is 15.6. The van der Waals surface area contributed by atoms with Crippen molar-refractivity contribution in [1.82, 2.24) is 0 Å². The zero-order valence-electron chi connectivity index (χ0n) is 10.4. The molecule has 0 heterocycles. The van der Waals surface area contributed by atoms with Gasteiger partial charge in [0.25, 0.3) is 0 Å². The number of aliphatic carboxylic acids is 2. The normalized spacial score (nSPS) is 12.7. The quantitative estimate of drug-likeness (QED) is 0.323. The van der Waals surface area contributed by atoms with E-state index in [1.807, 2.05) is 5.41 Å². The molecule has 0 aromatic heterocycles. The summed E-state index contributed by atoms with van der Waals surface area (Å²) in [6, 6.07) is 0. The molecule has 0 rings (SSSR count). The van der Waals surface area contributed by atoms with Crippen LogP contribution in [0.15, 0.2) is 11.5 Å². The van der Waals surface area contributed by atoms with Crippen LogP contribution in [0.1, 0.15) is 25.7 Å². The molecule has 0 bridgehead atoms. The molecule has 1 unspecified atom stereocenters. The van der Waals surface area contributed by atoms with Crippen molar-refractivity contribution in [2.24, 2.45) is 0 Å². The largest absolute Gasteiger partial charge is 0.616 e. The van der Waals surface area contributed by atoms with Crippen LogP contribution >= 0.6 is 21.6 Å². The molecule has 110 valence electrons. The van der Waals surface area contributed by atoms with Gasteiger partial charge in [-0.25, -0.2) is 0 Å². The van der Waals surface area contributed by atoms with Crippen molar-refractivity contribution in [3.8, 4) is 0 Å². The molecular formula is C11H18O5S3. The van der Waals surface area contributed by atoms with Gasteiger partial charge in [0.2, 0.25) is 0 Å². The van der Waals surface area contributed by atoms with Gasteiger partial charge < -0.3 is 14.8 Å². The van der Waals surface area contributed by atoms with Crippen molar-refractivity contribution >= 4 is 44.7 Å². The first-order valence-corrected chi connectivity index (χ1v) is 9.61. The highest BCUT2D eigenvalue weighted by Gasteiger charge is 2.05. The van der Waals surface area contributed by atoms with Crippen LogP contribution in [0.2, 0.25) is 0 Å². The predicted molar refractivity (Wildman–Crippen MR) is 80.8 cm³/mol. The topological polar surface area (TPSA) is 97.7 Å². The predicted octanol–water partition coefficient (Wildman–Crippen LogP) is 2.36. The van der Waals surface area contributed by atoms with E-state index in [-0.39, 0.29) is 12.8 Å². The number of carboxylic acids is 2. The Balaban J connectivity index is 3.36. The first kappa shape index (κ1) is 18.7. The van der Waals surface area contributed by atoms with Crippen LogP contribution in [0.5, 0.6) is 0 Å². The first-order valence-electron chi connectivity index (χ1n) is 5.74. The number of hydrogen-bond acceptors (Lipinski definition) is 5. The molecule has 0 aromatic carbocycles. The fourth-order valence-corrected chi connectivity index (χ4v) is 3.81. The second-order valence-corrected chi connectivity index (χ2v) is 7.61. The average Bonchev–Trinajstić information content (AvgIpc) is 2.31. The van der Waals surface area contributed by atoms with Crippen molar-refractivity contribution in [2.45, 2.75) is 25.7 Å². The van der Waals surface area contributed by atoms with Crippen molar-refractivity contribution in [3.05, 3.63) is 11.5 Å². The van der Waals surface area contributed by atoms with Gasteiger partial charge in [0, 0.05) is 25.0 Å². The summed E-state index contributed by atoms with van der Waals surface area (Å²) < 4.78 is 11.4. The van der Waals surface area contributed by atoms with Crippen molar-refractivity contribution < 1.29 is 24.4 Å². The van der Waals surface area contributed by atoms with E-state index < -0.39 is 23.1 Å². The Labute approximate surface area is 123 Å². The van der Waals surface area contributed by atoms with Gasteiger partial charge in [0.05, 0.1) is 0 Å². The summed E-state index contributed by atoms with van der Waals surface area (Å²) in [5.74, 6) is -0.0305. The van der Waals surface area contributed by atoms with E-state index in [0.29, 0.717) is 24.3 Å². The van der Waals surface area contributed by atoms with Gasteiger partial charge in [-0.2, -0.15) is 0 Å². The molecule has 0 saturated heterocycles. The minimum Gasteiger partial charge on any atom is -0.616 e. The lowest BCUT2D eigenvalue weighted by atomic mass is 10.3. The van der Waals surface area contributed by atoms with Gasteiger partial charge in [-0.05, 0) is 29.1 Å². The smallest absolute Gasteiger partial charge is 0.303 e. The second kappa shape index (κ2) is 12.7. The molecule has 0 amide bonds. The van der Waals surface area contributed by atoms with Gasteiger partial charge >= 0.3 is 11.9 Å². The molecule has 5 nitrogen and oxygen atoms in total. The molecule has 8 heteroatoms. The molecule has 0 aromatic rings. The Morgan fingerprint density at radius 3 is 2.42 bits per heavy atom. The van der Waals surface area contributed by atoms with Gasteiger partial charge in [-0.1, -0.05) is 21.6 Å². The minimum absolute atomic E-state index is 0.0592. The van der Waals surface area contributed by atoms with Crippen LogP contribution in [-0.4, -0.2) is 44.0 Å². The van der Waals surface area contributed by atoms with E-state index in [1.54, 1.807) is 16.9 Å².